The Labute approximate surface area is 114 Å². The van der Waals surface area contributed by atoms with Crippen LogP contribution in [0.15, 0.2) is 29.6 Å². The molecule has 0 unspecified atom stereocenters. The Hall–Kier alpha value is -0.210. The molecule has 2 rings (SSSR count). The van der Waals surface area contributed by atoms with Gasteiger partial charge in [-0.25, -0.2) is 4.57 Å². The molecule has 2 aromatic heterocycles. The third-order valence-electron chi connectivity index (χ3n) is 1.86. The topological polar surface area (TPSA) is 29.7 Å². The lowest BCUT2D eigenvalue weighted by atomic mass is 10.2. The van der Waals surface area contributed by atoms with Crippen molar-refractivity contribution in [1.82, 2.24) is 8.75 Å². The maximum atomic E-state index is 4.29. The molecular weight excluding hydrogens is 341 g/mol. The van der Waals surface area contributed by atoms with Crippen LogP contribution in [0.4, 0.5) is 0 Å². The monoisotopic (exact) mass is 351 g/mol. The van der Waals surface area contributed by atoms with Crippen molar-refractivity contribution in [2.75, 3.05) is 6.26 Å². The second-order valence-corrected chi connectivity index (χ2v) is 4.20. The number of nitrogens with zero attached hydrogens (tertiary/aromatic N) is 3. The molecule has 0 saturated heterocycles. The van der Waals surface area contributed by atoms with E-state index in [1.54, 1.807) is 11.8 Å². The number of aryl methyl sites for hydroxylation is 1. The maximum absolute atomic E-state index is 4.29. The molecule has 0 fully saturated rings. The SMILES string of the molecule is CSc1nsnc1-c1ccc[n+](C)c1.[I-]. The van der Waals surface area contributed by atoms with Gasteiger partial charge in [0.15, 0.2) is 12.4 Å². The van der Waals surface area contributed by atoms with Crippen LogP contribution in [0, 0.1) is 0 Å². The molecule has 2 aromatic rings. The van der Waals surface area contributed by atoms with Crippen LogP contribution in [0.25, 0.3) is 11.3 Å². The van der Waals surface area contributed by atoms with Gasteiger partial charge in [0.1, 0.15) is 17.8 Å². The minimum atomic E-state index is 0. The Balaban J connectivity index is 0.00000112. The van der Waals surface area contributed by atoms with Crippen molar-refractivity contribution in [1.29, 1.82) is 0 Å². The lowest BCUT2D eigenvalue weighted by molar-refractivity contribution is -0.671. The van der Waals surface area contributed by atoms with E-state index in [0.717, 1.165) is 16.3 Å². The van der Waals surface area contributed by atoms with Crippen LogP contribution in [0.5, 0.6) is 0 Å². The number of rotatable bonds is 2. The number of hydrogen-bond donors (Lipinski definition) is 0. The number of pyridine rings is 1. The summed E-state index contributed by atoms with van der Waals surface area (Å²) in [4.78, 5) is 0. The van der Waals surface area contributed by atoms with E-state index in [0.29, 0.717) is 0 Å². The quantitative estimate of drug-likeness (QED) is 0.385. The van der Waals surface area contributed by atoms with Gasteiger partial charge in [0, 0.05) is 6.07 Å². The van der Waals surface area contributed by atoms with Gasteiger partial charge in [0.2, 0.25) is 0 Å². The van der Waals surface area contributed by atoms with Gasteiger partial charge in [0.05, 0.1) is 17.3 Å². The molecule has 0 aliphatic rings. The van der Waals surface area contributed by atoms with Crippen molar-refractivity contribution in [2.24, 2.45) is 7.05 Å². The molecule has 3 nitrogen and oxygen atoms in total. The highest BCUT2D eigenvalue weighted by molar-refractivity contribution is 7.98. The smallest absolute Gasteiger partial charge is 0.178 e. The first-order valence-corrected chi connectivity index (χ1v) is 6.09. The molecule has 0 bridgehead atoms. The molecule has 0 saturated carbocycles. The second-order valence-electron chi connectivity index (χ2n) is 2.88. The van der Waals surface area contributed by atoms with E-state index < -0.39 is 0 Å². The highest BCUT2D eigenvalue weighted by Gasteiger charge is 2.11. The average Bonchev–Trinajstić information content (AvgIpc) is 2.65. The average molecular weight is 351 g/mol. The first-order chi connectivity index (χ1) is 6.81. The van der Waals surface area contributed by atoms with Crippen LogP contribution < -0.4 is 28.5 Å². The van der Waals surface area contributed by atoms with Gasteiger partial charge in [-0.2, -0.15) is 8.75 Å². The maximum Gasteiger partial charge on any atom is 0.178 e. The molecule has 80 valence electrons. The first kappa shape index (κ1) is 12.9. The van der Waals surface area contributed by atoms with Crippen molar-refractivity contribution in [3.05, 3.63) is 24.5 Å². The molecule has 0 atom stereocenters. The third-order valence-corrected chi connectivity index (χ3v) is 3.18. The van der Waals surface area contributed by atoms with Gasteiger partial charge in [-0.1, -0.05) is 0 Å². The minimum Gasteiger partial charge on any atom is -1.00 e. The van der Waals surface area contributed by atoms with Gasteiger partial charge in [0.25, 0.3) is 0 Å². The van der Waals surface area contributed by atoms with Crippen molar-refractivity contribution >= 4 is 23.5 Å². The van der Waals surface area contributed by atoms with Crippen LogP contribution in [0.1, 0.15) is 0 Å². The molecule has 0 radical (unpaired) electrons. The van der Waals surface area contributed by atoms with Crippen LogP contribution in [-0.2, 0) is 7.05 Å². The molecular formula is C9H10IN3S2. The predicted octanol–water partition coefficient (Wildman–Crippen LogP) is -1.24. The Morgan fingerprint density at radius 2 is 2.20 bits per heavy atom. The van der Waals surface area contributed by atoms with E-state index in [1.165, 1.54) is 11.7 Å². The largest absolute Gasteiger partial charge is 1.00 e. The summed E-state index contributed by atoms with van der Waals surface area (Å²) in [6, 6.07) is 4.06. The minimum absolute atomic E-state index is 0. The van der Waals surface area contributed by atoms with Crippen molar-refractivity contribution in [3.8, 4) is 11.3 Å². The van der Waals surface area contributed by atoms with Crippen LogP contribution in [0.3, 0.4) is 0 Å². The molecule has 0 spiro atoms. The zero-order chi connectivity index (χ0) is 9.97. The Bertz CT molecular complexity index is 444. The van der Waals surface area contributed by atoms with Gasteiger partial charge < -0.3 is 24.0 Å². The molecule has 15 heavy (non-hydrogen) atoms. The van der Waals surface area contributed by atoms with Gasteiger partial charge >= 0.3 is 0 Å². The standard InChI is InChI=1S/C9H10N3S2.HI/c1-12-5-3-4-7(6-12)8-9(13-2)11-14-10-8;/h3-6H,1-2H3;1H/q+1;/p-1. The second kappa shape index (κ2) is 5.76. The predicted molar refractivity (Wildman–Crippen MR) is 58.3 cm³/mol. The molecule has 0 aliphatic heterocycles. The summed E-state index contributed by atoms with van der Waals surface area (Å²) < 4.78 is 10.5. The highest BCUT2D eigenvalue weighted by Crippen LogP contribution is 2.26. The summed E-state index contributed by atoms with van der Waals surface area (Å²) in [6.45, 7) is 0. The van der Waals surface area contributed by atoms with E-state index >= 15 is 0 Å². The van der Waals surface area contributed by atoms with Gasteiger partial charge in [-0.3, -0.25) is 0 Å². The molecule has 2 heterocycles. The zero-order valence-corrected chi connectivity index (χ0v) is 12.1. The molecule has 0 amide bonds. The van der Waals surface area contributed by atoms with Crippen LogP contribution in [0.2, 0.25) is 0 Å². The molecule has 0 aromatic carbocycles. The van der Waals surface area contributed by atoms with Crippen molar-refractivity contribution in [2.45, 2.75) is 5.03 Å². The Kier molecular flexibility index (Phi) is 4.94. The number of hydrogen-bond acceptors (Lipinski definition) is 4. The highest BCUT2D eigenvalue weighted by atomic mass is 127. The summed E-state index contributed by atoms with van der Waals surface area (Å²) in [5.41, 5.74) is 2.10. The fourth-order valence-corrected chi connectivity index (χ4v) is 2.51. The van der Waals surface area contributed by atoms with Crippen LogP contribution in [-0.4, -0.2) is 15.0 Å². The summed E-state index contributed by atoms with van der Waals surface area (Å²) in [6.07, 6.45) is 6.07. The Morgan fingerprint density at radius 1 is 1.40 bits per heavy atom. The van der Waals surface area contributed by atoms with Crippen molar-refractivity contribution in [3.63, 3.8) is 0 Å². The summed E-state index contributed by atoms with van der Waals surface area (Å²) in [5, 5.41) is 1.00. The fourth-order valence-electron chi connectivity index (χ4n) is 1.22. The number of thioether (sulfide) groups is 1. The first-order valence-electron chi connectivity index (χ1n) is 4.13. The van der Waals surface area contributed by atoms with Gasteiger partial charge in [-0.05, 0) is 12.3 Å². The number of halogens is 1. The van der Waals surface area contributed by atoms with E-state index in [-0.39, 0.29) is 24.0 Å². The zero-order valence-electron chi connectivity index (χ0n) is 8.35. The lowest BCUT2D eigenvalue weighted by Crippen LogP contribution is -3.00. The summed E-state index contributed by atoms with van der Waals surface area (Å²) in [5.74, 6) is 0. The molecule has 0 aliphatic carbocycles. The fraction of sp³-hybridized carbons (Fsp3) is 0.222. The van der Waals surface area contributed by atoms with E-state index in [4.69, 9.17) is 0 Å². The summed E-state index contributed by atoms with van der Waals surface area (Å²) >= 11 is 2.89. The summed E-state index contributed by atoms with van der Waals surface area (Å²) in [7, 11) is 2.00. The molecule has 0 N–H and O–H groups in total. The van der Waals surface area contributed by atoms with Crippen LogP contribution >= 0.6 is 23.5 Å². The molecule has 6 heteroatoms. The Morgan fingerprint density at radius 3 is 2.87 bits per heavy atom. The van der Waals surface area contributed by atoms with Crippen molar-refractivity contribution < 1.29 is 28.5 Å². The van der Waals surface area contributed by atoms with E-state index in [9.17, 15) is 0 Å². The lowest BCUT2D eigenvalue weighted by Gasteiger charge is -1.95. The van der Waals surface area contributed by atoms with E-state index in [2.05, 4.69) is 21.0 Å². The number of aromatic nitrogens is 3. The third kappa shape index (κ3) is 2.88. The van der Waals surface area contributed by atoms with E-state index in [1.807, 2.05) is 30.1 Å². The van der Waals surface area contributed by atoms with Gasteiger partial charge in [-0.15, -0.1) is 11.8 Å². The normalized spacial score (nSPS) is 9.73.